The van der Waals surface area contributed by atoms with Crippen LogP contribution in [0.3, 0.4) is 0 Å². The van der Waals surface area contributed by atoms with Crippen molar-refractivity contribution in [2.24, 2.45) is 5.92 Å². The van der Waals surface area contributed by atoms with Crippen LogP contribution in [0, 0.1) is 5.92 Å². The molecule has 0 saturated carbocycles. The zero-order valence-electron chi connectivity index (χ0n) is 11.8. The molecule has 1 unspecified atom stereocenters. The molecule has 1 aromatic carbocycles. The maximum Gasteiger partial charge on any atom is 0.317 e. The molecule has 2 rings (SSSR count). The number of piperidine rings is 1. The van der Waals surface area contributed by atoms with E-state index in [4.69, 9.17) is 23.2 Å². The Kier molecular flexibility index (Phi) is 6.15. The third kappa shape index (κ3) is 5.06. The number of urea groups is 1. The number of aliphatic hydroxyl groups excluding tert-OH is 1. The van der Waals surface area contributed by atoms with Gasteiger partial charge in [-0.3, -0.25) is 0 Å². The van der Waals surface area contributed by atoms with E-state index in [9.17, 15) is 9.90 Å². The van der Waals surface area contributed by atoms with Gasteiger partial charge in [-0.25, -0.2) is 4.79 Å². The predicted molar refractivity (Wildman–Crippen MR) is 84.9 cm³/mol. The highest BCUT2D eigenvalue weighted by atomic mass is 35.5. The first-order valence-corrected chi connectivity index (χ1v) is 7.92. The Labute approximate surface area is 135 Å². The number of rotatable bonds is 4. The number of halogens is 2. The van der Waals surface area contributed by atoms with Crippen molar-refractivity contribution in [2.75, 3.05) is 26.2 Å². The summed E-state index contributed by atoms with van der Waals surface area (Å²) in [5, 5.41) is 13.3. The van der Waals surface area contributed by atoms with Gasteiger partial charge in [0.15, 0.2) is 0 Å². The van der Waals surface area contributed by atoms with Crippen molar-refractivity contribution in [1.82, 2.24) is 10.2 Å². The van der Waals surface area contributed by atoms with Gasteiger partial charge in [0.2, 0.25) is 0 Å². The molecule has 0 bridgehead atoms. The number of likely N-dealkylation sites (tertiary alicyclic amines) is 1. The third-order valence-electron chi connectivity index (χ3n) is 3.68. The summed E-state index contributed by atoms with van der Waals surface area (Å²) in [5.41, 5.74) is 1.000. The van der Waals surface area contributed by atoms with Crippen LogP contribution >= 0.6 is 23.2 Å². The Morgan fingerprint density at radius 1 is 1.33 bits per heavy atom. The molecule has 0 radical (unpaired) electrons. The number of hydrogen-bond acceptors (Lipinski definition) is 2. The Bertz CT molecular complexity index is 476. The highest BCUT2D eigenvalue weighted by Crippen LogP contribution is 2.19. The number of benzene rings is 1. The molecule has 2 N–H and O–H groups in total. The molecule has 0 spiro atoms. The molecule has 1 fully saturated rings. The van der Waals surface area contributed by atoms with Crippen LogP contribution < -0.4 is 5.32 Å². The van der Waals surface area contributed by atoms with Crippen molar-refractivity contribution in [1.29, 1.82) is 0 Å². The highest BCUT2D eigenvalue weighted by Gasteiger charge is 2.22. The van der Waals surface area contributed by atoms with Gasteiger partial charge >= 0.3 is 6.03 Å². The number of carbonyl (C=O) groups excluding carboxylic acids is 1. The standard InChI is InChI=1S/C15H20Cl2N2O2/c16-13-6-11(7-14(17)8-13)3-4-18-15(21)19-5-1-2-12(9-19)10-20/h6-8,12,20H,1-5,9-10H2,(H,18,21). The lowest BCUT2D eigenvalue weighted by atomic mass is 9.99. The smallest absolute Gasteiger partial charge is 0.317 e. The van der Waals surface area contributed by atoms with Crippen molar-refractivity contribution in [2.45, 2.75) is 19.3 Å². The van der Waals surface area contributed by atoms with Gasteiger partial charge in [0.05, 0.1) is 0 Å². The maximum atomic E-state index is 12.1. The summed E-state index contributed by atoms with van der Waals surface area (Å²) < 4.78 is 0. The monoisotopic (exact) mass is 330 g/mol. The molecule has 1 heterocycles. The number of nitrogens with one attached hydrogen (secondary N) is 1. The first-order chi connectivity index (χ1) is 10.1. The molecule has 0 aromatic heterocycles. The maximum absolute atomic E-state index is 12.1. The molecule has 0 aliphatic carbocycles. The van der Waals surface area contributed by atoms with Crippen LogP contribution in [0.4, 0.5) is 4.79 Å². The van der Waals surface area contributed by atoms with Gasteiger partial charge in [0.1, 0.15) is 0 Å². The van der Waals surface area contributed by atoms with Crippen molar-refractivity contribution < 1.29 is 9.90 Å². The van der Waals surface area contributed by atoms with Gasteiger partial charge in [0.25, 0.3) is 0 Å². The second-order valence-electron chi connectivity index (χ2n) is 5.40. The first-order valence-electron chi connectivity index (χ1n) is 7.17. The summed E-state index contributed by atoms with van der Waals surface area (Å²) >= 11 is 11.9. The van der Waals surface area contributed by atoms with Crippen molar-refractivity contribution >= 4 is 29.2 Å². The van der Waals surface area contributed by atoms with Gasteiger partial charge < -0.3 is 15.3 Å². The van der Waals surface area contributed by atoms with Crippen LogP contribution in [0.5, 0.6) is 0 Å². The van der Waals surface area contributed by atoms with E-state index in [0.29, 0.717) is 29.6 Å². The van der Waals surface area contributed by atoms with Gasteiger partial charge in [-0.1, -0.05) is 23.2 Å². The van der Waals surface area contributed by atoms with Crippen LogP contribution in [-0.2, 0) is 6.42 Å². The average molecular weight is 331 g/mol. The first kappa shape index (κ1) is 16.4. The van der Waals surface area contributed by atoms with Gasteiger partial charge in [0, 0.05) is 36.3 Å². The number of amides is 2. The van der Waals surface area contributed by atoms with Crippen molar-refractivity contribution in [3.63, 3.8) is 0 Å². The SMILES string of the molecule is O=C(NCCc1cc(Cl)cc(Cl)c1)N1CCCC(CO)C1. The minimum atomic E-state index is -0.0683. The molecular weight excluding hydrogens is 311 g/mol. The molecule has 1 aliphatic rings. The molecule has 1 saturated heterocycles. The summed E-state index contributed by atoms with van der Waals surface area (Å²) in [4.78, 5) is 13.8. The Morgan fingerprint density at radius 2 is 2.05 bits per heavy atom. The zero-order valence-corrected chi connectivity index (χ0v) is 13.3. The topological polar surface area (TPSA) is 52.6 Å². The minimum Gasteiger partial charge on any atom is -0.396 e. The van der Waals surface area contributed by atoms with E-state index >= 15 is 0 Å². The zero-order chi connectivity index (χ0) is 15.2. The van der Waals surface area contributed by atoms with Crippen molar-refractivity contribution in [3.8, 4) is 0 Å². The summed E-state index contributed by atoms with van der Waals surface area (Å²) in [6, 6.07) is 5.32. The fourth-order valence-corrected chi connectivity index (χ4v) is 3.15. The lowest BCUT2D eigenvalue weighted by Crippen LogP contribution is -2.46. The molecule has 4 nitrogen and oxygen atoms in total. The number of aliphatic hydroxyl groups is 1. The van der Waals surface area contributed by atoms with Crippen LogP contribution in [0.1, 0.15) is 18.4 Å². The van der Waals surface area contributed by atoms with Crippen LogP contribution in [-0.4, -0.2) is 42.3 Å². The van der Waals surface area contributed by atoms with E-state index in [-0.39, 0.29) is 18.6 Å². The average Bonchev–Trinajstić information content (AvgIpc) is 2.46. The second kappa shape index (κ2) is 7.87. The highest BCUT2D eigenvalue weighted by molar-refractivity contribution is 6.34. The Morgan fingerprint density at radius 3 is 2.71 bits per heavy atom. The molecular formula is C15H20Cl2N2O2. The number of nitrogens with zero attached hydrogens (tertiary/aromatic N) is 1. The fourth-order valence-electron chi connectivity index (χ4n) is 2.58. The van der Waals surface area contributed by atoms with Crippen LogP contribution in [0.2, 0.25) is 10.0 Å². The Hall–Kier alpha value is -0.970. The molecule has 1 atom stereocenters. The summed E-state index contributed by atoms with van der Waals surface area (Å²) in [7, 11) is 0. The fraction of sp³-hybridized carbons (Fsp3) is 0.533. The van der Waals surface area contributed by atoms with E-state index in [1.807, 2.05) is 12.1 Å². The van der Waals surface area contributed by atoms with E-state index in [1.54, 1.807) is 11.0 Å². The predicted octanol–water partition coefficient (Wildman–Crippen LogP) is 2.95. The Balaban J connectivity index is 1.78. The third-order valence-corrected chi connectivity index (χ3v) is 4.11. The van der Waals surface area contributed by atoms with Crippen LogP contribution in [0.15, 0.2) is 18.2 Å². The molecule has 116 valence electrons. The molecule has 1 aromatic rings. The second-order valence-corrected chi connectivity index (χ2v) is 6.27. The van der Waals surface area contributed by atoms with E-state index in [1.165, 1.54) is 0 Å². The van der Waals surface area contributed by atoms with Crippen molar-refractivity contribution in [3.05, 3.63) is 33.8 Å². The lowest BCUT2D eigenvalue weighted by Gasteiger charge is -2.31. The summed E-state index contributed by atoms with van der Waals surface area (Å²) in [6.07, 6.45) is 2.62. The summed E-state index contributed by atoms with van der Waals surface area (Å²) in [5.74, 6) is 0.205. The quantitative estimate of drug-likeness (QED) is 0.891. The van der Waals surface area contributed by atoms with E-state index < -0.39 is 0 Å². The number of hydrogen-bond donors (Lipinski definition) is 2. The van der Waals surface area contributed by atoms with Gasteiger partial charge in [-0.2, -0.15) is 0 Å². The summed E-state index contributed by atoms with van der Waals surface area (Å²) in [6.45, 7) is 2.07. The largest absolute Gasteiger partial charge is 0.396 e. The van der Waals surface area contributed by atoms with E-state index in [2.05, 4.69) is 5.32 Å². The lowest BCUT2D eigenvalue weighted by molar-refractivity contribution is 0.129. The number of carbonyl (C=O) groups is 1. The normalized spacial score (nSPS) is 18.6. The minimum absolute atomic E-state index is 0.0683. The molecule has 6 heteroatoms. The molecule has 1 aliphatic heterocycles. The molecule has 2 amide bonds. The molecule has 21 heavy (non-hydrogen) atoms. The van der Waals surface area contributed by atoms with Gasteiger partial charge in [-0.05, 0) is 48.9 Å². The van der Waals surface area contributed by atoms with E-state index in [0.717, 1.165) is 24.9 Å². The van der Waals surface area contributed by atoms with Crippen LogP contribution in [0.25, 0.3) is 0 Å². The van der Waals surface area contributed by atoms with Gasteiger partial charge in [-0.15, -0.1) is 0 Å².